The highest BCUT2D eigenvalue weighted by atomic mass is 16.7. The largest absolute Gasteiger partial charge is 0.504 e. The first kappa shape index (κ1) is 32.6. The van der Waals surface area contributed by atoms with Crippen molar-refractivity contribution < 1.29 is 68.6 Å². The van der Waals surface area contributed by atoms with Crippen molar-refractivity contribution in [3.63, 3.8) is 0 Å². The minimum absolute atomic E-state index is 0.0336. The van der Waals surface area contributed by atoms with E-state index < -0.39 is 72.1 Å². The standard InChI is InChI=1S/C32H34O14/c1-41-21-14-19(23(33)29(25(21)35)43-13-11-16-6-3-2-4-7-16)31(40)44-15-22-24(34)26(36)27(37)32(46-22)45-20-10-9-18(30(38)39)17-8-5-12-42-28(17)20/h2-4,6-7,9-10,14,22,24,26-27,32-37H,5,8,11-13,15H2,1H3,(H,38,39). The Hall–Kier alpha value is -4.76. The minimum atomic E-state index is -1.79. The van der Waals surface area contributed by atoms with Gasteiger partial charge in [0.05, 0.1) is 25.9 Å². The van der Waals surface area contributed by atoms with Crippen molar-refractivity contribution in [1.82, 2.24) is 0 Å². The molecule has 0 bridgehead atoms. The van der Waals surface area contributed by atoms with E-state index in [2.05, 4.69) is 0 Å². The number of aliphatic hydroxyl groups is 3. The number of aliphatic hydroxyl groups excluding tert-OH is 3. The van der Waals surface area contributed by atoms with Gasteiger partial charge in [-0.2, -0.15) is 0 Å². The first-order chi connectivity index (χ1) is 22.1. The molecule has 2 aliphatic heterocycles. The second kappa shape index (κ2) is 14.1. The Morgan fingerprint density at radius 1 is 0.935 bits per heavy atom. The summed E-state index contributed by atoms with van der Waals surface area (Å²) in [5, 5.41) is 62.6. The Labute approximate surface area is 262 Å². The zero-order valence-corrected chi connectivity index (χ0v) is 24.7. The molecule has 0 aliphatic carbocycles. The number of aromatic carboxylic acids is 1. The lowest BCUT2D eigenvalue weighted by Gasteiger charge is -2.40. The Kier molecular flexibility index (Phi) is 10.0. The molecule has 1 fully saturated rings. The van der Waals surface area contributed by atoms with Crippen LogP contribution < -0.4 is 18.9 Å². The number of carbonyl (C=O) groups is 2. The predicted octanol–water partition coefficient (Wildman–Crippen LogP) is 1.79. The van der Waals surface area contributed by atoms with Gasteiger partial charge < -0.3 is 59.1 Å². The van der Waals surface area contributed by atoms with Crippen molar-refractivity contribution in [3.05, 3.63) is 70.8 Å². The van der Waals surface area contributed by atoms with Crippen LogP contribution in [-0.4, -0.2) is 100 Å². The van der Waals surface area contributed by atoms with Gasteiger partial charge >= 0.3 is 11.9 Å². The highest BCUT2D eigenvalue weighted by Crippen LogP contribution is 2.46. The Morgan fingerprint density at radius 3 is 2.41 bits per heavy atom. The van der Waals surface area contributed by atoms with Crippen molar-refractivity contribution in [2.24, 2.45) is 0 Å². The summed E-state index contributed by atoms with van der Waals surface area (Å²) >= 11 is 0. The van der Waals surface area contributed by atoms with Crippen LogP contribution in [0.4, 0.5) is 0 Å². The summed E-state index contributed by atoms with van der Waals surface area (Å²) in [4.78, 5) is 24.8. The quantitative estimate of drug-likeness (QED) is 0.165. The molecule has 0 aromatic heterocycles. The number of hydrogen-bond acceptors (Lipinski definition) is 13. The van der Waals surface area contributed by atoms with Crippen LogP contribution in [0.25, 0.3) is 0 Å². The molecule has 3 aromatic carbocycles. The maximum Gasteiger partial charge on any atom is 0.342 e. The van der Waals surface area contributed by atoms with E-state index in [1.807, 2.05) is 30.3 Å². The molecule has 6 N–H and O–H groups in total. The molecule has 14 nitrogen and oxygen atoms in total. The molecular weight excluding hydrogens is 608 g/mol. The summed E-state index contributed by atoms with van der Waals surface area (Å²) in [6, 6.07) is 13.0. The lowest BCUT2D eigenvalue weighted by Crippen LogP contribution is -2.60. The van der Waals surface area contributed by atoms with Crippen molar-refractivity contribution in [1.29, 1.82) is 0 Å². The van der Waals surface area contributed by atoms with Crippen LogP contribution in [0.3, 0.4) is 0 Å². The van der Waals surface area contributed by atoms with E-state index in [0.29, 0.717) is 31.4 Å². The molecule has 14 heteroatoms. The third-order valence-corrected chi connectivity index (χ3v) is 7.68. The van der Waals surface area contributed by atoms with E-state index in [4.69, 9.17) is 28.4 Å². The van der Waals surface area contributed by atoms with Crippen LogP contribution in [0.5, 0.6) is 34.5 Å². The lowest BCUT2D eigenvalue weighted by atomic mass is 9.98. The number of carboxylic acids is 1. The molecule has 5 rings (SSSR count). The number of phenols is 2. The van der Waals surface area contributed by atoms with Crippen LogP contribution >= 0.6 is 0 Å². The number of hydrogen-bond donors (Lipinski definition) is 6. The van der Waals surface area contributed by atoms with Crippen LogP contribution in [0, 0.1) is 0 Å². The van der Waals surface area contributed by atoms with E-state index in [1.54, 1.807) is 0 Å². The van der Waals surface area contributed by atoms with Crippen molar-refractivity contribution in [2.75, 3.05) is 26.9 Å². The molecule has 3 aromatic rings. The highest BCUT2D eigenvalue weighted by molar-refractivity contribution is 5.95. The van der Waals surface area contributed by atoms with Gasteiger partial charge in [-0.25, -0.2) is 9.59 Å². The molecule has 46 heavy (non-hydrogen) atoms. The third-order valence-electron chi connectivity index (χ3n) is 7.68. The summed E-state index contributed by atoms with van der Waals surface area (Å²) in [6.07, 6.45) is -6.82. The maximum absolute atomic E-state index is 13.1. The molecular formula is C32H34O14. The molecule has 246 valence electrons. The van der Waals surface area contributed by atoms with Gasteiger partial charge in [0.25, 0.3) is 0 Å². The molecule has 2 aliphatic rings. The van der Waals surface area contributed by atoms with Crippen LogP contribution in [0.2, 0.25) is 0 Å². The minimum Gasteiger partial charge on any atom is -0.504 e. The van der Waals surface area contributed by atoms with Crippen molar-refractivity contribution in [3.8, 4) is 34.5 Å². The summed E-state index contributed by atoms with van der Waals surface area (Å²) in [5.41, 5.74) is 0.950. The van der Waals surface area contributed by atoms with Gasteiger partial charge in [0.15, 0.2) is 23.0 Å². The molecule has 0 saturated carbocycles. The van der Waals surface area contributed by atoms with Crippen LogP contribution in [-0.2, 0) is 22.3 Å². The smallest absolute Gasteiger partial charge is 0.342 e. The number of aromatic hydroxyl groups is 2. The number of fused-ring (bicyclic) bond motifs is 1. The Bertz CT molecular complexity index is 1560. The number of carboxylic acid groups (broad SMARTS) is 1. The van der Waals surface area contributed by atoms with Crippen molar-refractivity contribution >= 4 is 11.9 Å². The number of methoxy groups -OCH3 is 1. The van der Waals surface area contributed by atoms with Crippen LogP contribution in [0.15, 0.2) is 48.5 Å². The van der Waals surface area contributed by atoms with E-state index in [-0.39, 0.29) is 29.4 Å². The normalized spacial score (nSPS) is 22.2. The molecule has 0 amide bonds. The van der Waals surface area contributed by atoms with Gasteiger partial charge in [0.1, 0.15) is 36.6 Å². The second-order valence-corrected chi connectivity index (χ2v) is 10.6. The maximum atomic E-state index is 13.1. The topological polar surface area (TPSA) is 211 Å². The first-order valence-electron chi connectivity index (χ1n) is 14.5. The summed E-state index contributed by atoms with van der Waals surface area (Å²) in [7, 11) is 1.24. The van der Waals surface area contributed by atoms with E-state index >= 15 is 0 Å². The third kappa shape index (κ3) is 6.74. The SMILES string of the molecule is COc1cc(C(=O)OCC2OC(Oc3ccc(C(=O)O)c4c3OCCC4)C(O)C(O)C2O)c(O)c(OCCc2ccccc2)c1O. The fraction of sp³-hybridized carbons (Fsp3) is 0.375. The molecule has 0 spiro atoms. The highest BCUT2D eigenvalue weighted by Gasteiger charge is 2.46. The Balaban J connectivity index is 1.29. The molecule has 5 unspecified atom stereocenters. The van der Waals surface area contributed by atoms with E-state index in [9.17, 15) is 40.2 Å². The molecule has 2 heterocycles. The number of carbonyl (C=O) groups excluding carboxylic acids is 1. The first-order valence-corrected chi connectivity index (χ1v) is 14.5. The number of benzene rings is 3. The van der Waals surface area contributed by atoms with Gasteiger partial charge in [0, 0.05) is 18.1 Å². The molecule has 1 saturated heterocycles. The second-order valence-electron chi connectivity index (χ2n) is 10.6. The summed E-state index contributed by atoms with van der Waals surface area (Å²) < 4.78 is 33.1. The number of rotatable bonds is 11. The molecule has 0 radical (unpaired) electrons. The predicted molar refractivity (Wildman–Crippen MR) is 157 cm³/mol. The number of ether oxygens (including phenoxy) is 6. The molecule has 5 atom stereocenters. The zero-order valence-electron chi connectivity index (χ0n) is 24.7. The van der Waals surface area contributed by atoms with Gasteiger partial charge in [-0.15, -0.1) is 0 Å². The van der Waals surface area contributed by atoms with E-state index in [0.717, 1.165) is 11.6 Å². The number of esters is 1. The van der Waals surface area contributed by atoms with Gasteiger partial charge in [-0.1, -0.05) is 30.3 Å². The van der Waals surface area contributed by atoms with Gasteiger partial charge in [0.2, 0.25) is 17.8 Å². The van der Waals surface area contributed by atoms with Gasteiger partial charge in [-0.3, -0.25) is 0 Å². The lowest BCUT2D eigenvalue weighted by molar-refractivity contribution is -0.277. The van der Waals surface area contributed by atoms with Crippen molar-refractivity contribution in [2.45, 2.75) is 50.0 Å². The average Bonchev–Trinajstić information content (AvgIpc) is 3.06. The summed E-state index contributed by atoms with van der Waals surface area (Å²) in [5.74, 6) is -3.88. The van der Waals surface area contributed by atoms with Crippen LogP contribution in [0.1, 0.15) is 38.3 Å². The fourth-order valence-electron chi connectivity index (χ4n) is 5.22. The summed E-state index contributed by atoms with van der Waals surface area (Å²) in [6.45, 7) is -0.318. The Morgan fingerprint density at radius 2 is 1.70 bits per heavy atom. The average molecular weight is 643 g/mol. The van der Waals surface area contributed by atoms with Gasteiger partial charge in [-0.05, 0) is 30.5 Å². The zero-order chi connectivity index (χ0) is 33.0. The fourth-order valence-corrected chi connectivity index (χ4v) is 5.22. The van der Waals surface area contributed by atoms with E-state index in [1.165, 1.54) is 19.2 Å². The monoisotopic (exact) mass is 642 g/mol. The number of phenolic OH excluding ortho intramolecular Hbond substituents is 2.